The van der Waals surface area contributed by atoms with E-state index < -0.39 is 6.03 Å². The number of benzene rings is 1. The number of primary amides is 1. The summed E-state index contributed by atoms with van der Waals surface area (Å²) in [6.07, 6.45) is 0. The summed E-state index contributed by atoms with van der Waals surface area (Å²) >= 11 is 9.27. The third-order valence-corrected chi connectivity index (χ3v) is 3.15. The molecule has 1 aromatic rings. The number of amides is 2. The number of hydrogen-bond donors (Lipinski definition) is 3. The molecule has 0 bridgehead atoms. The molecule has 1 aromatic carbocycles. The zero-order valence-electron chi connectivity index (χ0n) is 8.59. The highest BCUT2D eigenvalue weighted by molar-refractivity contribution is 9.10. The molecular formula is C10H13BrClN3O. The van der Waals surface area contributed by atoms with Crippen LogP contribution in [-0.2, 0) is 6.54 Å². The molecule has 0 aromatic heterocycles. The molecule has 0 atom stereocenters. The predicted molar refractivity (Wildman–Crippen MR) is 68.4 cm³/mol. The number of hydrogen-bond acceptors (Lipinski definition) is 2. The van der Waals surface area contributed by atoms with Crippen molar-refractivity contribution in [2.75, 3.05) is 13.1 Å². The summed E-state index contributed by atoms with van der Waals surface area (Å²) < 4.78 is 0.883. The van der Waals surface area contributed by atoms with Crippen molar-refractivity contribution >= 4 is 33.6 Å². The van der Waals surface area contributed by atoms with Crippen LogP contribution in [0.3, 0.4) is 0 Å². The van der Waals surface area contributed by atoms with Crippen molar-refractivity contribution in [3.8, 4) is 0 Å². The van der Waals surface area contributed by atoms with Gasteiger partial charge in [-0.25, -0.2) is 4.79 Å². The van der Waals surface area contributed by atoms with E-state index in [1.807, 2.05) is 18.2 Å². The first-order valence-electron chi connectivity index (χ1n) is 4.77. The minimum absolute atomic E-state index is 0.506. The number of rotatable bonds is 5. The van der Waals surface area contributed by atoms with Gasteiger partial charge >= 0.3 is 6.03 Å². The average Bonchev–Trinajstić information content (AvgIpc) is 2.22. The minimum atomic E-state index is -0.506. The van der Waals surface area contributed by atoms with Crippen LogP contribution < -0.4 is 16.4 Å². The Hall–Kier alpha value is -0.780. The minimum Gasteiger partial charge on any atom is -0.352 e. The highest BCUT2D eigenvalue weighted by Gasteiger charge is 1.98. The van der Waals surface area contributed by atoms with Crippen molar-refractivity contribution in [3.05, 3.63) is 33.3 Å². The maximum Gasteiger partial charge on any atom is 0.312 e. The molecule has 0 saturated carbocycles. The fourth-order valence-corrected chi connectivity index (χ4v) is 1.61. The number of urea groups is 1. The van der Waals surface area contributed by atoms with Gasteiger partial charge in [0.25, 0.3) is 0 Å². The summed E-state index contributed by atoms with van der Waals surface area (Å²) in [5.74, 6) is 0. The number of nitrogens with two attached hydrogens (primary N) is 1. The van der Waals surface area contributed by atoms with E-state index in [0.717, 1.165) is 10.0 Å². The summed E-state index contributed by atoms with van der Waals surface area (Å²) in [4.78, 5) is 10.4. The van der Waals surface area contributed by atoms with E-state index >= 15 is 0 Å². The van der Waals surface area contributed by atoms with Crippen molar-refractivity contribution in [2.45, 2.75) is 6.54 Å². The molecule has 0 fully saturated rings. The van der Waals surface area contributed by atoms with Crippen molar-refractivity contribution < 1.29 is 4.79 Å². The molecule has 0 aliphatic carbocycles. The van der Waals surface area contributed by atoms with Gasteiger partial charge in [-0.05, 0) is 33.6 Å². The number of halogens is 2. The molecule has 0 heterocycles. The first kappa shape index (κ1) is 13.3. The number of carbonyl (C=O) groups is 1. The molecule has 4 N–H and O–H groups in total. The van der Waals surface area contributed by atoms with E-state index in [2.05, 4.69) is 26.6 Å². The standard InChI is InChI=1S/C10H13BrClN3O/c11-8-2-1-7(5-9(8)12)6-14-3-4-15-10(13)16/h1-2,5,14H,3-4,6H2,(H3,13,15,16). The van der Waals surface area contributed by atoms with Gasteiger partial charge < -0.3 is 16.4 Å². The largest absolute Gasteiger partial charge is 0.352 e. The third-order valence-electron chi connectivity index (χ3n) is 1.91. The Morgan fingerprint density at radius 1 is 1.44 bits per heavy atom. The van der Waals surface area contributed by atoms with E-state index in [0.29, 0.717) is 24.7 Å². The second kappa shape index (κ2) is 6.73. The molecule has 88 valence electrons. The van der Waals surface area contributed by atoms with Crippen molar-refractivity contribution in [3.63, 3.8) is 0 Å². The van der Waals surface area contributed by atoms with Crippen LogP contribution in [0.15, 0.2) is 22.7 Å². The van der Waals surface area contributed by atoms with Gasteiger partial charge in [0, 0.05) is 24.1 Å². The fourth-order valence-electron chi connectivity index (χ4n) is 1.16. The molecule has 4 nitrogen and oxygen atoms in total. The number of carbonyl (C=O) groups excluding carboxylic acids is 1. The molecule has 0 aliphatic rings. The van der Waals surface area contributed by atoms with E-state index in [4.69, 9.17) is 17.3 Å². The Morgan fingerprint density at radius 3 is 2.81 bits per heavy atom. The molecule has 1 rings (SSSR count). The number of nitrogens with one attached hydrogen (secondary N) is 2. The Balaban J connectivity index is 2.27. The SMILES string of the molecule is NC(=O)NCCNCc1ccc(Br)c(Cl)c1. The highest BCUT2D eigenvalue weighted by atomic mass is 79.9. The van der Waals surface area contributed by atoms with Gasteiger partial charge in [-0.15, -0.1) is 0 Å². The van der Waals surface area contributed by atoms with E-state index in [9.17, 15) is 4.79 Å². The van der Waals surface area contributed by atoms with E-state index in [1.54, 1.807) is 0 Å². The van der Waals surface area contributed by atoms with E-state index in [1.165, 1.54) is 0 Å². The quantitative estimate of drug-likeness (QED) is 0.727. The van der Waals surface area contributed by atoms with Gasteiger partial charge in [0.2, 0.25) is 0 Å². The zero-order chi connectivity index (χ0) is 12.0. The normalized spacial score (nSPS) is 10.1. The van der Waals surface area contributed by atoms with Crippen LogP contribution in [0, 0.1) is 0 Å². The molecule has 0 saturated heterocycles. The summed E-state index contributed by atoms with van der Waals surface area (Å²) in [7, 11) is 0. The van der Waals surface area contributed by atoms with Crippen molar-refractivity contribution in [2.24, 2.45) is 5.73 Å². The first-order valence-corrected chi connectivity index (χ1v) is 5.94. The Morgan fingerprint density at radius 2 is 2.19 bits per heavy atom. The fraction of sp³-hybridized carbons (Fsp3) is 0.300. The second-order valence-corrected chi connectivity index (χ2v) is 4.48. The third kappa shape index (κ3) is 4.83. The van der Waals surface area contributed by atoms with Crippen LogP contribution in [0.1, 0.15) is 5.56 Å². The first-order chi connectivity index (χ1) is 7.59. The predicted octanol–water partition coefficient (Wildman–Crippen LogP) is 1.86. The lowest BCUT2D eigenvalue weighted by atomic mass is 10.2. The lowest BCUT2D eigenvalue weighted by molar-refractivity contribution is 0.249. The molecule has 0 unspecified atom stereocenters. The monoisotopic (exact) mass is 305 g/mol. The molecule has 6 heteroatoms. The van der Waals surface area contributed by atoms with E-state index in [-0.39, 0.29) is 0 Å². The van der Waals surface area contributed by atoms with Crippen molar-refractivity contribution in [1.82, 2.24) is 10.6 Å². The summed E-state index contributed by atoms with van der Waals surface area (Å²) in [6, 6.07) is 5.26. The average molecular weight is 307 g/mol. The van der Waals surface area contributed by atoms with Crippen LogP contribution in [0.2, 0.25) is 5.02 Å². The molecular weight excluding hydrogens is 293 g/mol. The van der Waals surface area contributed by atoms with Gasteiger partial charge in [0.15, 0.2) is 0 Å². The van der Waals surface area contributed by atoms with Gasteiger partial charge in [-0.1, -0.05) is 17.7 Å². The van der Waals surface area contributed by atoms with Gasteiger partial charge in [-0.2, -0.15) is 0 Å². The Labute approximate surface area is 108 Å². The Bertz CT molecular complexity index is 373. The molecule has 2 amide bonds. The Kier molecular flexibility index (Phi) is 5.59. The van der Waals surface area contributed by atoms with Crippen molar-refractivity contribution in [1.29, 1.82) is 0 Å². The summed E-state index contributed by atoms with van der Waals surface area (Å²) in [5, 5.41) is 6.34. The van der Waals surface area contributed by atoms with Crippen LogP contribution in [0.5, 0.6) is 0 Å². The van der Waals surface area contributed by atoms with Gasteiger partial charge in [-0.3, -0.25) is 0 Å². The maximum absolute atomic E-state index is 10.4. The van der Waals surface area contributed by atoms with Crippen LogP contribution >= 0.6 is 27.5 Å². The van der Waals surface area contributed by atoms with Crippen LogP contribution in [0.4, 0.5) is 4.79 Å². The highest BCUT2D eigenvalue weighted by Crippen LogP contribution is 2.22. The summed E-state index contributed by atoms with van der Waals surface area (Å²) in [6.45, 7) is 1.88. The van der Waals surface area contributed by atoms with Crippen LogP contribution in [0.25, 0.3) is 0 Å². The zero-order valence-corrected chi connectivity index (χ0v) is 10.9. The van der Waals surface area contributed by atoms with Crippen LogP contribution in [-0.4, -0.2) is 19.1 Å². The van der Waals surface area contributed by atoms with Gasteiger partial charge in [0.1, 0.15) is 0 Å². The molecule has 0 spiro atoms. The molecule has 0 aliphatic heterocycles. The van der Waals surface area contributed by atoms with Gasteiger partial charge in [0.05, 0.1) is 5.02 Å². The summed E-state index contributed by atoms with van der Waals surface area (Å²) in [5.41, 5.74) is 6.01. The lowest BCUT2D eigenvalue weighted by Crippen LogP contribution is -2.35. The maximum atomic E-state index is 10.4. The molecule has 16 heavy (non-hydrogen) atoms. The lowest BCUT2D eigenvalue weighted by Gasteiger charge is -2.06. The molecule has 0 radical (unpaired) electrons. The second-order valence-electron chi connectivity index (χ2n) is 3.22. The smallest absolute Gasteiger partial charge is 0.312 e. The topological polar surface area (TPSA) is 67.2 Å².